The Morgan fingerprint density at radius 3 is 2.85 bits per heavy atom. The molecule has 2 rings (SSSR count). The molecule has 5 heteroatoms. The van der Waals surface area contributed by atoms with E-state index in [4.69, 9.17) is 17.3 Å². The lowest BCUT2D eigenvalue weighted by atomic mass is 10.2. The number of nitrogens with one attached hydrogen (secondary N) is 1. The standard InChI is InChI=1S/C15H18ClN3O/c1-2-7-19-10-12(16)8-14(19)15(20)18-13-6-4-3-5-11(13)9-17/h3-6,8,10H,2,7,9,17H2,1H3,(H,18,20). The van der Waals surface area contributed by atoms with Gasteiger partial charge in [-0.25, -0.2) is 0 Å². The Hall–Kier alpha value is -1.78. The molecule has 0 aliphatic carbocycles. The number of carbonyl (C=O) groups is 1. The lowest BCUT2D eigenvalue weighted by Gasteiger charge is -2.11. The van der Waals surface area contributed by atoms with Gasteiger partial charge in [0.25, 0.3) is 5.91 Å². The highest BCUT2D eigenvalue weighted by Crippen LogP contribution is 2.19. The third kappa shape index (κ3) is 3.21. The molecule has 0 aliphatic heterocycles. The highest BCUT2D eigenvalue weighted by molar-refractivity contribution is 6.31. The van der Waals surface area contributed by atoms with Crippen LogP contribution in [0.1, 0.15) is 29.4 Å². The molecule has 1 aromatic heterocycles. The third-order valence-corrected chi connectivity index (χ3v) is 3.25. The Kier molecular flexibility index (Phi) is 4.82. The highest BCUT2D eigenvalue weighted by Gasteiger charge is 2.14. The van der Waals surface area contributed by atoms with Crippen molar-refractivity contribution >= 4 is 23.2 Å². The molecule has 0 radical (unpaired) electrons. The molecule has 0 aliphatic rings. The molecule has 0 saturated heterocycles. The normalized spacial score (nSPS) is 10.6. The summed E-state index contributed by atoms with van der Waals surface area (Å²) in [6, 6.07) is 9.18. The highest BCUT2D eigenvalue weighted by atomic mass is 35.5. The van der Waals surface area contributed by atoms with Gasteiger partial charge in [0.1, 0.15) is 5.69 Å². The van der Waals surface area contributed by atoms with Crippen molar-refractivity contribution in [1.29, 1.82) is 0 Å². The average molecular weight is 292 g/mol. The average Bonchev–Trinajstić information content (AvgIpc) is 2.81. The summed E-state index contributed by atoms with van der Waals surface area (Å²) in [5.74, 6) is -0.175. The van der Waals surface area contributed by atoms with Crippen LogP contribution >= 0.6 is 11.6 Å². The van der Waals surface area contributed by atoms with Crippen molar-refractivity contribution < 1.29 is 4.79 Å². The van der Waals surface area contributed by atoms with Crippen molar-refractivity contribution in [3.63, 3.8) is 0 Å². The maximum absolute atomic E-state index is 12.4. The van der Waals surface area contributed by atoms with Crippen molar-refractivity contribution in [2.75, 3.05) is 5.32 Å². The molecule has 106 valence electrons. The first-order chi connectivity index (χ1) is 9.65. The molecule has 0 saturated carbocycles. The SMILES string of the molecule is CCCn1cc(Cl)cc1C(=O)Nc1ccccc1CN. The zero-order chi connectivity index (χ0) is 14.5. The van der Waals surface area contributed by atoms with E-state index in [2.05, 4.69) is 12.2 Å². The summed E-state index contributed by atoms with van der Waals surface area (Å²) in [5.41, 5.74) is 7.87. The number of aryl methyl sites for hydroxylation is 1. The minimum absolute atomic E-state index is 0.175. The number of benzene rings is 1. The van der Waals surface area contributed by atoms with Gasteiger partial charge < -0.3 is 15.6 Å². The van der Waals surface area contributed by atoms with E-state index < -0.39 is 0 Å². The van der Waals surface area contributed by atoms with Gasteiger partial charge in [-0.3, -0.25) is 4.79 Å². The zero-order valence-electron chi connectivity index (χ0n) is 11.4. The lowest BCUT2D eigenvalue weighted by molar-refractivity contribution is 0.101. The van der Waals surface area contributed by atoms with Crippen LogP contribution in [0.3, 0.4) is 0 Å². The number of amides is 1. The van der Waals surface area contributed by atoms with Gasteiger partial charge in [-0.05, 0) is 24.1 Å². The molecular weight excluding hydrogens is 274 g/mol. The number of para-hydroxylation sites is 1. The molecule has 4 nitrogen and oxygen atoms in total. The number of carbonyl (C=O) groups excluding carboxylic acids is 1. The first-order valence-electron chi connectivity index (χ1n) is 6.60. The maximum atomic E-state index is 12.4. The number of anilines is 1. The molecule has 0 unspecified atom stereocenters. The Morgan fingerprint density at radius 1 is 1.40 bits per heavy atom. The molecule has 0 fully saturated rings. The van der Waals surface area contributed by atoms with Gasteiger partial charge in [0, 0.05) is 25.0 Å². The summed E-state index contributed by atoms with van der Waals surface area (Å²) in [7, 11) is 0. The van der Waals surface area contributed by atoms with Crippen molar-refractivity contribution in [2.24, 2.45) is 5.73 Å². The second kappa shape index (κ2) is 6.59. The molecule has 1 aromatic carbocycles. The molecule has 2 aromatic rings. The van der Waals surface area contributed by atoms with Gasteiger partial charge in [-0.15, -0.1) is 0 Å². The van der Waals surface area contributed by atoms with Crippen LogP contribution in [0.15, 0.2) is 36.5 Å². The molecule has 0 bridgehead atoms. The zero-order valence-corrected chi connectivity index (χ0v) is 12.2. The van der Waals surface area contributed by atoms with E-state index in [0.717, 1.165) is 24.2 Å². The summed E-state index contributed by atoms with van der Waals surface area (Å²) < 4.78 is 1.86. The molecule has 20 heavy (non-hydrogen) atoms. The van der Waals surface area contributed by atoms with E-state index >= 15 is 0 Å². The van der Waals surface area contributed by atoms with E-state index in [1.165, 1.54) is 0 Å². The topological polar surface area (TPSA) is 60.0 Å². The van der Waals surface area contributed by atoms with Crippen LogP contribution in [0.5, 0.6) is 0 Å². The second-order valence-electron chi connectivity index (χ2n) is 4.55. The van der Waals surface area contributed by atoms with Crippen LogP contribution in [0.2, 0.25) is 5.02 Å². The number of aromatic nitrogens is 1. The molecule has 0 spiro atoms. The fourth-order valence-corrected chi connectivity index (χ4v) is 2.32. The summed E-state index contributed by atoms with van der Waals surface area (Å²) in [5, 5.41) is 3.46. The minimum atomic E-state index is -0.175. The van der Waals surface area contributed by atoms with E-state index in [0.29, 0.717) is 17.3 Å². The van der Waals surface area contributed by atoms with Gasteiger partial charge >= 0.3 is 0 Å². The van der Waals surface area contributed by atoms with Crippen LogP contribution < -0.4 is 11.1 Å². The smallest absolute Gasteiger partial charge is 0.272 e. The molecule has 1 amide bonds. The molecule has 0 atom stereocenters. The number of halogens is 1. The van der Waals surface area contributed by atoms with Gasteiger partial charge in [-0.2, -0.15) is 0 Å². The number of hydrogen-bond donors (Lipinski definition) is 2. The number of nitrogens with zero attached hydrogens (tertiary/aromatic N) is 1. The Balaban J connectivity index is 2.24. The van der Waals surface area contributed by atoms with Crippen LogP contribution in [0, 0.1) is 0 Å². The predicted octanol–water partition coefficient (Wildman–Crippen LogP) is 3.26. The van der Waals surface area contributed by atoms with Crippen molar-refractivity contribution in [2.45, 2.75) is 26.4 Å². The van der Waals surface area contributed by atoms with Gasteiger partial charge in [0.2, 0.25) is 0 Å². The number of hydrogen-bond acceptors (Lipinski definition) is 2. The van der Waals surface area contributed by atoms with Gasteiger partial charge in [0.15, 0.2) is 0 Å². The summed E-state index contributed by atoms with van der Waals surface area (Å²) in [4.78, 5) is 12.4. The second-order valence-corrected chi connectivity index (χ2v) is 4.99. The molecular formula is C15H18ClN3O. The summed E-state index contributed by atoms with van der Waals surface area (Å²) in [6.07, 6.45) is 2.71. The van der Waals surface area contributed by atoms with Crippen LogP contribution in [-0.2, 0) is 13.1 Å². The number of nitrogens with two attached hydrogens (primary N) is 1. The third-order valence-electron chi connectivity index (χ3n) is 3.05. The lowest BCUT2D eigenvalue weighted by Crippen LogP contribution is -2.18. The van der Waals surface area contributed by atoms with E-state index in [1.807, 2.05) is 28.8 Å². The Morgan fingerprint density at radius 2 is 2.15 bits per heavy atom. The monoisotopic (exact) mass is 291 g/mol. The van der Waals surface area contributed by atoms with Crippen molar-refractivity contribution in [1.82, 2.24) is 4.57 Å². The molecule has 3 N–H and O–H groups in total. The van der Waals surface area contributed by atoms with Gasteiger partial charge in [0.05, 0.1) is 5.02 Å². The first-order valence-corrected chi connectivity index (χ1v) is 6.98. The minimum Gasteiger partial charge on any atom is -0.342 e. The van der Waals surface area contributed by atoms with Crippen LogP contribution in [-0.4, -0.2) is 10.5 Å². The summed E-state index contributed by atoms with van der Waals surface area (Å²) in [6.45, 7) is 3.19. The van der Waals surface area contributed by atoms with Crippen molar-refractivity contribution in [3.8, 4) is 0 Å². The van der Waals surface area contributed by atoms with Crippen LogP contribution in [0.4, 0.5) is 5.69 Å². The Bertz CT molecular complexity index is 607. The van der Waals surface area contributed by atoms with E-state index in [1.54, 1.807) is 12.3 Å². The molecule has 1 heterocycles. The van der Waals surface area contributed by atoms with Crippen LogP contribution in [0.25, 0.3) is 0 Å². The maximum Gasteiger partial charge on any atom is 0.272 e. The van der Waals surface area contributed by atoms with Crippen molar-refractivity contribution in [3.05, 3.63) is 52.8 Å². The fourth-order valence-electron chi connectivity index (χ4n) is 2.10. The predicted molar refractivity (Wildman–Crippen MR) is 82.0 cm³/mol. The quantitative estimate of drug-likeness (QED) is 0.888. The number of rotatable bonds is 5. The summed E-state index contributed by atoms with van der Waals surface area (Å²) >= 11 is 5.99. The van der Waals surface area contributed by atoms with E-state index in [-0.39, 0.29) is 5.91 Å². The first kappa shape index (κ1) is 14.6. The van der Waals surface area contributed by atoms with Gasteiger partial charge in [-0.1, -0.05) is 36.7 Å². The fraction of sp³-hybridized carbons (Fsp3) is 0.267. The Labute approximate surface area is 123 Å². The largest absolute Gasteiger partial charge is 0.342 e. The van der Waals surface area contributed by atoms with E-state index in [9.17, 15) is 4.79 Å².